The molecule has 1 aromatic heterocycles. The summed E-state index contributed by atoms with van der Waals surface area (Å²) >= 11 is 0. The molecule has 3 heterocycles. The Labute approximate surface area is 191 Å². The van der Waals surface area contributed by atoms with E-state index < -0.39 is 15.9 Å². The number of carbonyl (C=O) groups excluding carboxylic acids is 1. The summed E-state index contributed by atoms with van der Waals surface area (Å²) < 4.78 is 34.7. The summed E-state index contributed by atoms with van der Waals surface area (Å²) in [5.74, 6) is 1.72. The molecule has 2 aromatic carbocycles. The summed E-state index contributed by atoms with van der Waals surface area (Å²) in [6, 6.07) is 10.1. The summed E-state index contributed by atoms with van der Waals surface area (Å²) in [7, 11) is -3.36. The fourth-order valence-electron chi connectivity index (χ4n) is 4.25. The Morgan fingerprint density at radius 1 is 1.15 bits per heavy atom. The molecule has 0 bridgehead atoms. The van der Waals surface area contributed by atoms with E-state index in [9.17, 15) is 13.2 Å². The van der Waals surface area contributed by atoms with Crippen LogP contribution in [0, 0.1) is 6.92 Å². The highest BCUT2D eigenvalue weighted by Crippen LogP contribution is 2.32. The first-order valence-electron chi connectivity index (χ1n) is 10.7. The van der Waals surface area contributed by atoms with Crippen LogP contribution >= 0.6 is 0 Å². The van der Waals surface area contributed by atoms with Gasteiger partial charge in [-0.3, -0.25) is 4.79 Å². The average molecular weight is 469 g/mol. The van der Waals surface area contributed by atoms with Crippen molar-refractivity contribution in [1.29, 1.82) is 0 Å². The standard InChI is InChI=1S/C23H24N4O5S/c1-14-17-7-6-16(33(2,29)30)11-18(17)26-23(25-14)27-9-3-4-19(27)22(28)24-12-15-5-8-20-21(10-15)32-13-31-20/h5-8,10-11,19H,3-4,9,12-13H2,1-2H3,(H,24,28). The van der Waals surface area contributed by atoms with Gasteiger partial charge in [-0.2, -0.15) is 0 Å². The van der Waals surface area contributed by atoms with Crippen LogP contribution in [0.1, 0.15) is 24.1 Å². The zero-order chi connectivity index (χ0) is 23.2. The number of amides is 1. The molecule has 1 atom stereocenters. The van der Waals surface area contributed by atoms with Gasteiger partial charge in [0.25, 0.3) is 0 Å². The monoisotopic (exact) mass is 468 g/mol. The Kier molecular flexibility index (Phi) is 5.32. The maximum Gasteiger partial charge on any atom is 0.243 e. The van der Waals surface area contributed by atoms with Gasteiger partial charge in [-0.25, -0.2) is 18.4 Å². The van der Waals surface area contributed by atoms with E-state index in [-0.39, 0.29) is 17.6 Å². The van der Waals surface area contributed by atoms with Crippen LogP contribution in [-0.4, -0.2) is 49.9 Å². The van der Waals surface area contributed by atoms with Crippen LogP contribution in [-0.2, 0) is 21.2 Å². The second-order valence-corrected chi connectivity index (χ2v) is 10.3. The largest absolute Gasteiger partial charge is 0.454 e. The molecule has 0 radical (unpaired) electrons. The third kappa shape index (κ3) is 4.18. The fraction of sp³-hybridized carbons (Fsp3) is 0.348. The van der Waals surface area contributed by atoms with Gasteiger partial charge in [0, 0.05) is 24.7 Å². The molecule has 0 aliphatic carbocycles. The first-order valence-corrected chi connectivity index (χ1v) is 12.6. The Bertz CT molecular complexity index is 1360. The average Bonchev–Trinajstić information content (AvgIpc) is 3.45. The number of carbonyl (C=O) groups is 1. The lowest BCUT2D eigenvalue weighted by Crippen LogP contribution is -2.43. The maximum absolute atomic E-state index is 13.0. The molecule has 1 N–H and O–H groups in total. The molecule has 5 rings (SSSR count). The van der Waals surface area contributed by atoms with E-state index in [1.165, 1.54) is 6.26 Å². The van der Waals surface area contributed by atoms with Gasteiger partial charge in [-0.15, -0.1) is 0 Å². The van der Waals surface area contributed by atoms with Crippen molar-refractivity contribution in [1.82, 2.24) is 15.3 Å². The third-order valence-corrected chi connectivity index (χ3v) is 7.10. The van der Waals surface area contributed by atoms with Crippen LogP contribution in [0.15, 0.2) is 41.3 Å². The molecule has 1 fully saturated rings. The van der Waals surface area contributed by atoms with E-state index in [1.807, 2.05) is 30.0 Å². The van der Waals surface area contributed by atoms with Crippen LogP contribution in [0.4, 0.5) is 5.95 Å². The number of ether oxygens (including phenoxy) is 2. The highest BCUT2D eigenvalue weighted by molar-refractivity contribution is 7.90. The lowest BCUT2D eigenvalue weighted by Gasteiger charge is -2.24. The van der Waals surface area contributed by atoms with Crippen molar-refractivity contribution < 1.29 is 22.7 Å². The van der Waals surface area contributed by atoms with Crippen LogP contribution in [0.5, 0.6) is 11.5 Å². The number of fused-ring (bicyclic) bond motifs is 2. The molecule has 2 aliphatic heterocycles. The van der Waals surface area contributed by atoms with E-state index in [4.69, 9.17) is 9.47 Å². The van der Waals surface area contributed by atoms with Crippen molar-refractivity contribution in [2.45, 2.75) is 37.2 Å². The minimum Gasteiger partial charge on any atom is -0.454 e. The van der Waals surface area contributed by atoms with Crippen molar-refractivity contribution in [2.24, 2.45) is 0 Å². The van der Waals surface area contributed by atoms with Crippen LogP contribution in [0.25, 0.3) is 10.9 Å². The zero-order valence-electron chi connectivity index (χ0n) is 18.4. The number of nitrogens with one attached hydrogen (secondary N) is 1. The summed E-state index contributed by atoms with van der Waals surface area (Å²) in [6.07, 6.45) is 2.70. The second kappa shape index (κ2) is 8.18. The Morgan fingerprint density at radius 3 is 2.79 bits per heavy atom. The summed E-state index contributed by atoms with van der Waals surface area (Å²) in [6.45, 7) is 3.09. The van der Waals surface area contributed by atoms with Gasteiger partial charge in [-0.1, -0.05) is 6.07 Å². The SMILES string of the molecule is Cc1nc(N2CCCC2C(=O)NCc2ccc3c(c2)OCO3)nc2cc(S(C)(=O)=O)ccc12. The predicted molar refractivity (Wildman–Crippen MR) is 122 cm³/mol. The van der Waals surface area contributed by atoms with Gasteiger partial charge in [-0.05, 0) is 55.7 Å². The molecular formula is C23H24N4O5S. The Hall–Kier alpha value is -3.40. The number of aromatic nitrogens is 2. The van der Waals surface area contributed by atoms with Gasteiger partial charge < -0.3 is 19.7 Å². The molecule has 1 saturated heterocycles. The lowest BCUT2D eigenvalue weighted by atomic mass is 10.1. The smallest absolute Gasteiger partial charge is 0.243 e. The molecule has 0 spiro atoms. The molecule has 1 unspecified atom stereocenters. The fourth-order valence-corrected chi connectivity index (χ4v) is 4.89. The van der Waals surface area contributed by atoms with Crippen molar-refractivity contribution in [3.05, 3.63) is 47.7 Å². The molecule has 1 amide bonds. The quantitative estimate of drug-likeness (QED) is 0.608. The molecule has 9 nitrogen and oxygen atoms in total. The van der Waals surface area contributed by atoms with Gasteiger partial charge in [0.05, 0.1) is 16.1 Å². The number of hydrogen-bond donors (Lipinski definition) is 1. The summed E-state index contributed by atoms with van der Waals surface area (Å²) in [5, 5.41) is 3.79. The first-order chi connectivity index (χ1) is 15.8. The van der Waals surface area contributed by atoms with E-state index in [0.29, 0.717) is 42.5 Å². The number of sulfone groups is 1. The highest BCUT2D eigenvalue weighted by Gasteiger charge is 2.33. The highest BCUT2D eigenvalue weighted by atomic mass is 32.2. The molecule has 10 heteroatoms. The number of hydrogen-bond acceptors (Lipinski definition) is 8. The van der Waals surface area contributed by atoms with Gasteiger partial charge in [0.15, 0.2) is 21.3 Å². The number of aryl methyl sites for hydroxylation is 1. The molecule has 3 aromatic rings. The number of rotatable bonds is 5. The van der Waals surface area contributed by atoms with Crippen LogP contribution in [0.3, 0.4) is 0 Å². The number of nitrogens with zero attached hydrogens (tertiary/aromatic N) is 3. The van der Waals surface area contributed by atoms with E-state index >= 15 is 0 Å². The summed E-state index contributed by atoms with van der Waals surface area (Å²) in [4.78, 5) is 24.4. The van der Waals surface area contributed by atoms with E-state index in [1.54, 1.807) is 18.2 Å². The molecule has 33 heavy (non-hydrogen) atoms. The molecule has 172 valence electrons. The van der Waals surface area contributed by atoms with Crippen LogP contribution < -0.4 is 19.7 Å². The molecule has 0 saturated carbocycles. The number of benzene rings is 2. The van der Waals surface area contributed by atoms with Crippen molar-refractivity contribution in [3.8, 4) is 11.5 Å². The maximum atomic E-state index is 13.0. The van der Waals surface area contributed by atoms with Crippen LogP contribution in [0.2, 0.25) is 0 Å². The van der Waals surface area contributed by atoms with Gasteiger partial charge >= 0.3 is 0 Å². The second-order valence-electron chi connectivity index (χ2n) is 8.32. The molecule has 2 aliphatic rings. The Balaban J connectivity index is 1.36. The van der Waals surface area contributed by atoms with E-state index in [0.717, 1.165) is 23.1 Å². The third-order valence-electron chi connectivity index (χ3n) is 5.99. The Morgan fingerprint density at radius 2 is 1.97 bits per heavy atom. The van der Waals surface area contributed by atoms with Gasteiger partial charge in [0.1, 0.15) is 6.04 Å². The predicted octanol–water partition coefficient (Wildman–Crippen LogP) is 2.36. The number of anilines is 1. The minimum atomic E-state index is -3.36. The zero-order valence-corrected chi connectivity index (χ0v) is 19.2. The van der Waals surface area contributed by atoms with E-state index in [2.05, 4.69) is 15.3 Å². The van der Waals surface area contributed by atoms with Crippen molar-refractivity contribution in [2.75, 3.05) is 24.5 Å². The van der Waals surface area contributed by atoms with Crippen molar-refractivity contribution >= 4 is 32.6 Å². The summed E-state index contributed by atoms with van der Waals surface area (Å²) in [5.41, 5.74) is 2.21. The minimum absolute atomic E-state index is 0.101. The van der Waals surface area contributed by atoms with Gasteiger partial charge in [0.2, 0.25) is 18.6 Å². The topological polar surface area (TPSA) is 111 Å². The lowest BCUT2D eigenvalue weighted by molar-refractivity contribution is -0.122. The van der Waals surface area contributed by atoms with Crippen molar-refractivity contribution in [3.63, 3.8) is 0 Å². The normalized spacial score (nSPS) is 17.5. The molecular weight excluding hydrogens is 444 g/mol. The first kappa shape index (κ1) is 21.4.